The van der Waals surface area contributed by atoms with Crippen LogP contribution in [0.4, 0.5) is 4.79 Å². The predicted molar refractivity (Wildman–Crippen MR) is 75.0 cm³/mol. The van der Waals surface area contributed by atoms with Crippen molar-refractivity contribution in [1.82, 2.24) is 10.6 Å². The molecule has 96 valence electrons. The van der Waals surface area contributed by atoms with Crippen LogP contribution in [0, 0.1) is 0 Å². The van der Waals surface area contributed by atoms with E-state index >= 15 is 0 Å². The minimum Gasteiger partial charge on any atom is -0.329 e. The number of carbonyl (C=O) groups excluding carboxylic acids is 1. The topological polar surface area (TPSA) is 41.1 Å². The van der Waals surface area contributed by atoms with Gasteiger partial charge in [0.1, 0.15) is 0 Å². The molecule has 1 aliphatic rings. The molecule has 0 radical (unpaired) electrons. The Morgan fingerprint density at radius 3 is 1.89 bits per heavy atom. The zero-order valence-electron chi connectivity index (χ0n) is 10.1. The third kappa shape index (κ3) is 2.42. The maximum atomic E-state index is 11.6. The van der Waals surface area contributed by atoms with Crippen molar-refractivity contribution in [1.29, 1.82) is 0 Å². The Kier molecular flexibility index (Phi) is 3.13. The molecule has 2 N–H and O–H groups in total. The molecule has 0 aliphatic carbocycles. The van der Waals surface area contributed by atoms with Gasteiger partial charge in [-0.1, -0.05) is 54.1 Å². The van der Waals surface area contributed by atoms with Gasteiger partial charge < -0.3 is 10.6 Å². The standard InChI is InChI=1S/C15H13ClN2O/c16-12-8-6-11(7-9-12)14-13(17-15(19)18-14)10-4-2-1-3-5-10/h1-9,13-14H,(H2,17,18,19)/t13-,14-/m0/s1. The quantitative estimate of drug-likeness (QED) is 0.864. The molecule has 19 heavy (non-hydrogen) atoms. The molecule has 3 nitrogen and oxygen atoms in total. The molecule has 0 bridgehead atoms. The van der Waals surface area contributed by atoms with Crippen LogP contribution < -0.4 is 10.6 Å². The molecule has 4 heteroatoms. The summed E-state index contributed by atoms with van der Waals surface area (Å²) in [6.45, 7) is 0. The lowest BCUT2D eigenvalue weighted by Crippen LogP contribution is -2.21. The normalized spacial score (nSPS) is 21.8. The fourth-order valence-electron chi connectivity index (χ4n) is 2.37. The largest absolute Gasteiger partial charge is 0.329 e. The molecule has 1 heterocycles. The van der Waals surface area contributed by atoms with E-state index in [0.29, 0.717) is 5.02 Å². The summed E-state index contributed by atoms with van der Waals surface area (Å²) in [5.41, 5.74) is 2.12. The lowest BCUT2D eigenvalue weighted by atomic mass is 9.95. The number of benzene rings is 2. The molecule has 1 fully saturated rings. The van der Waals surface area contributed by atoms with Gasteiger partial charge in [0.25, 0.3) is 0 Å². The lowest BCUT2D eigenvalue weighted by molar-refractivity contribution is 0.247. The molecule has 2 amide bonds. The number of amides is 2. The van der Waals surface area contributed by atoms with Gasteiger partial charge in [-0.2, -0.15) is 0 Å². The average molecular weight is 273 g/mol. The van der Waals surface area contributed by atoms with Crippen molar-refractivity contribution in [3.05, 3.63) is 70.7 Å². The van der Waals surface area contributed by atoms with Crippen LogP contribution in [-0.2, 0) is 0 Å². The Hall–Kier alpha value is -2.00. The summed E-state index contributed by atoms with van der Waals surface area (Å²) in [6.07, 6.45) is 0. The number of nitrogens with one attached hydrogen (secondary N) is 2. The van der Waals surface area contributed by atoms with Gasteiger partial charge in [-0.25, -0.2) is 4.79 Å². The Balaban J connectivity index is 1.95. The van der Waals surface area contributed by atoms with E-state index in [4.69, 9.17) is 11.6 Å². The fraction of sp³-hybridized carbons (Fsp3) is 0.133. The van der Waals surface area contributed by atoms with Crippen molar-refractivity contribution in [3.8, 4) is 0 Å². The van der Waals surface area contributed by atoms with E-state index in [0.717, 1.165) is 11.1 Å². The van der Waals surface area contributed by atoms with E-state index in [-0.39, 0.29) is 18.1 Å². The van der Waals surface area contributed by atoms with Gasteiger partial charge in [0.05, 0.1) is 12.1 Å². The van der Waals surface area contributed by atoms with Crippen molar-refractivity contribution in [3.63, 3.8) is 0 Å². The molecule has 2 aromatic carbocycles. The summed E-state index contributed by atoms with van der Waals surface area (Å²) in [5, 5.41) is 6.59. The second kappa shape index (κ2) is 4.94. The molecule has 2 aromatic rings. The maximum absolute atomic E-state index is 11.6. The number of carbonyl (C=O) groups is 1. The van der Waals surface area contributed by atoms with Crippen molar-refractivity contribution < 1.29 is 4.79 Å². The average Bonchev–Trinajstić information content (AvgIpc) is 2.83. The first-order chi connectivity index (χ1) is 9.24. The number of halogens is 1. The number of hydrogen-bond acceptors (Lipinski definition) is 1. The van der Waals surface area contributed by atoms with Crippen molar-refractivity contribution in [2.24, 2.45) is 0 Å². The lowest BCUT2D eigenvalue weighted by Gasteiger charge is -2.19. The van der Waals surface area contributed by atoms with Crippen molar-refractivity contribution >= 4 is 17.6 Å². The van der Waals surface area contributed by atoms with Crippen LogP contribution in [0.1, 0.15) is 23.2 Å². The third-order valence-corrected chi connectivity index (χ3v) is 3.55. The summed E-state index contributed by atoms with van der Waals surface area (Å²) in [6, 6.07) is 17.2. The highest BCUT2D eigenvalue weighted by molar-refractivity contribution is 6.30. The van der Waals surface area contributed by atoms with E-state index in [9.17, 15) is 4.79 Å². The smallest absolute Gasteiger partial charge is 0.315 e. The van der Waals surface area contributed by atoms with Gasteiger partial charge in [0.2, 0.25) is 0 Å². The summed E-state index contributed by atoms with van der Waals surface area (Å²) in [5.74, 6) is 0. The first-order valence-electron chi connectivity index (χ1n) is 6.11. The van der Waals surface area contributed by atoms with Crippen LogP contribution in [-0.4, -0.2) is 6.03 Å². The van der Waals surface area contributed by atoms with Gasteiger partial charge >= 0.3 is 6.03 Å². The first kappa shape index (κ1) is 12.1. The van der Waals surface area contributed by atoms with Crippen LogP contribution in [0.3, 0.4) is 0 Å². The molecule has 0 saturated carbocycles. The van der Waals surface area contributed by atoms with E-state index in [1.807, 2.05) is 54.6 Å². The molecule has 2 atom stereocenters. The number of urea groups is 1. The molecule has 3 rings (SSSR count). The van der Waals surface area contributed by atoms with Crippen molar-refractivity contribution in [2.75, 3.05) is 0 Å². The van der Waals surface area contributed by atoms with Crippen LogP contribution in [0.15, 0.2) is 54.6 Å². The Morgan fingerprint density at radius 1 is 0.789 bits per heavy atom. The Labute approximate surface area is 116 Å². The summed E-state index contributed by atoms with van der Waals surface area (Å²) in [4.78, 5) is 11.6. The molecule has 0 aromatic heterocycles. The van der Waals surface area contributed by atoms with Gasteiger partial charge in [-0.15, -0.1) is 0 Å². The molecular formula is C15H13ClN2O. The molecule has 1 aliphatic heterocycles. The third-order valence-electron chi connectivity index (χ3n) is 3.29. The Bertz CT molecular complexity index is 583. The highest BCUT2D eigenvalue weighted by Crippen LogP contribution is 2.32. The second-order valence-corrected chi connectivity index (χ2v) is 4.97. The molecule has 1 saturated heterocycles. The van der Waals surface area contributed by atoms with E-state index < -0.39 is 0 Å². The van der Waals surface area contributed by atoms with Crippen LogP contribution >= 0.6 is 11.6 Å². The summed E-state index contributed by atoms with van der Waals surface area (Å²) in [7, 11) is 0. The van der Waals surface area contributed by atoms with Gasteiger partial charge in [0, 0.05) is 5.02 Å². The SMILES string of the molecule is O=C1N[C@@H](c2ccccc2)[C@H](c2ccc(Cl)cc2)N1. The van der Waals surface area contributed by atoms with Crippen LogP contribution in [0.2, 0.25) is 5.02 Å². The minimum absolute atomic E-state index is 0.0603. The molecule has 0 unspecified atom stereocenters. The van der Waals surface area contributed by atoms with E-state index in [2.05, 4.69) is 10.6 Å². The van der Waals surface area contributed by atoms with Gasteiger partial charge in [0.15, 0.2) is 0 Å². The first-order valence-corrected chi connectivity index (χ1v) is 6.49. The zero-order chi connectivity index (χ0) is 13.2. The molecular weight excluding hydrogens is 260 g/mol. The van der Waals surface area contributed by atoms with E-state index in [1.165, 1.54) is 0 Å². The van der Waals surface area contributed by atoms with Gasteiger partial charge in [-0.3, -0.25) is 0 Å². The van der Waals surface area contributed by atoms with Crippen LogP contribution in [0.5, 0.6) is 0 Å². The Morgan fingerprint density at radius 2 is 1.32 bits per heavy atom. The molecule has 0 spiro atoms. The van der Waals surface area contributed by atoms with E-state index in [1.54, 1.807) is 0 Å². The number of rotatable bonds is 2. The second-order valence-electron chi connectivity index (χ2n) is 4.54. The summed E-state index contributed by atoms with van der Waals surface area (Å²) < 4.78 is 0. The minimum atomic E-state index is -0.145. The highest BCUT2D eigenvalue weighted by Gasteiger charge is 2.33. The van der Waals surface area contributed by atoms with Gasteiger partial charge in [-0.05, 0) is 23.3 Å². The maximum Gasteiger partial charge on any atom is 0.315 e. The number of hydrogen-bond donors (Lipinski definition) is 2. The summed E-state index contributed by atoms with van der Waals surface area (Å²) >= 11 is 5.90. The monoisotopic (exact) mass is 272 g/mol. The van der Waals surface area contributed by atoms with Crippen molar-refractivity contribution in [2.45, 2.75) is 12.1 Å². The zero-order valence-corrected chi connectivity index (χ0v) is 10.9. The van der Waals surface area contributed by atoms with Crippen LogP contribution in [0.25, 0.3) is 0 Å². The predicted octanol–water partition coefficient (Wildman–Crippen LogP) is 3.44. The fourth-order valence-corrected chi connectivity index (χ4v) is 2.50. The highest BCUT2D eigenvalue weighted by atomic mass is 35.5.